The van der Waals surface area contributed by atoms with Gasteiger partial charge in [0, 0.05) is 46.0 Å². The van der Waals surface area contributed by atoms with Gasteiger partial charge < -0.3 is 9.97 Å². The van der Waals surface area contributed by atoms with Crippen molar-refractivity contribution in [2.24, 2.45) is 0 Å². The number of fused-ring (bicyclic) bond motifs is 8. The number of H-pyrrole nitrogens is 2. The fourth-order valence-corrected chi connectivity index (χ4v) is 22.9. The van der Waals surface area contributed by atoms with Gasteiger partial charge in [-0.2, -0.15) is 0 Å². The summed E-state index contributed by atoms with van der Waals surface area (Å²) in [6.45, 7) is 54.8. The molecule has 120 heavy (non-hydrogen) atoms. The molecule has 16 heteroatoms. The van der Waals surface area contributed by atoms with Crippen molar-refractivity contribution in [1.82, 2.24) is 39.9 Å². The molecule has 0 atom stereocenters. The fourth-order valence-electron chi connectivity index (χ4n) is 13.8. The van der Waals surface area contributed by atoms with Crippen LogP contribution in [0.25, 0.3) is 42.2 Å². The van der Waals surface area contributed by atoms with Gasteiger partial charge in [-0.05, 0) is 132 Å². The third-order valence-electron chi connectivity index (χ3n) is 21.9. The van der Waals surface area contributed by atoms with E-state index in [1.54, 1.807) is 94.1 Å². The van der Waals surface area contributed by atoms with Gasteiger partial charge in [-0.25, -0.2) is 29.9 Å². The number of thioether (sulfide) groups is 8. The highest BCUT2D eigenvalue weighted by Crippen LogP contribution is 2.51. The maximum absolute atomic E-state index is 6.02. The molecule has 0 spiro atoms. The van der Waals surface area contributed by atoms with E-state index in [9.17, 15) is 0 Å². The zero-order valence-corrected chi connectivity index (χ0v) is 81.6. The normalized spacial score (nSPS) is 13.5. The van der Waals surface area contributed by atoms with Crippen molar-refractivity contribution in [3.05, 3.63) is 306 Å². The van der Waals surface area contributed by atoms with Crippen LogP contribution in [0.2, 0.25) is 0 Å². The SMILES string of the molecule is CC(C)(C)c1ccc(CSC2=C(SCc3ccc(C(C)(C)C)cc3)c3nc2nc2[nH]c(nc4nc(nc5[nH]c(n3)c(SCc3ccc(C(C)(C)C)cc3)c5SCc3ccc(C(C)(C)C)cc3)C(SCc3ccc(C(C)(C)C)cc3)=C4SCc3ccc(C(C)(C)C)cc3)c(SCc3ccc(C(C)(C)C)cc3)c2SCc2ccc(C(C)(C)C)cc2)cc1. The van der Waals surface area contributed by atoms with Crippen LogP contribution in [0.3, 0.4) is 0 Å². The Kier molecular flexibility index (Phi) is 27.9. The Labute approximate surface area is 751 Å². The smallest absolute Gasteiger partial charge is 0.171 e. The second-order valence-electron chi connectivity index (χ2n) is 40.1. The van der Waals surface area contributed by atoms with Crippen molar-refractivity contribution in [2.75, 3.05) is 0 Å². The van der Waals surface area contributed by atoms with Crippen LogP contribution in [-0.4, -0.2) is 39.9 Å². The minimum Gasteiger partial charge on any atom is -0.323 e. The monoisotopic (exact) mass is 1740 g/mol. The zero-order chi connectivity index (χ0) is 86.1. The molecule has 0 fully saturated rings. The van der Waals surface area contributed by atoms with E-state index in [2.05, 4.69) is 370 Å². The Hall–Kier alpha value is -7.12. The molecular weight excluding hydrogens is 1620 g/mol. The van der Waals surface area contributed by atoms with E-state index in [0.29, 0.717) is 91.9 Å². The molecule has 0 amide bonds. The van der Waals surface area contributed by atoms with Gasteiger partial charge in [-0.15, -0.1) is 94.1 Å². The first kappa shape index (κ1) is 90.6. The lowest BCUT2D eigenvalue weighted by Crippen LogP contribution is -2.10. The molecule has 626 valence electrons. The minimum atomic E-state index is -0.00493. The number of rotatable bonds is 24. The van der Waals surface area contributed by atoms with Crippen molar-refractivity contribution in [2.45, 2.75) is 275 Å². The highest BCUT2D eigenvalue weighted by Gasteiger charge is 2.32. The molecule has 8 bridgehead atoms. The zero-order valence-electron chi connectivity index (χ0n) is 75.1. The quantitative estimate of drug-likeness (QED) is 0.0560. The fraction of sp³-hybridized carbons (Fsp3) is 0.385. The van der Waals surface area contributed by atoms with Crippen molar-refractivity contribution in [1.29, 1.82) is 0 Å². The first-order chi connectivity index (χ1) is 56.4. The maximum atomic E-state index is 6.02. The second-order valence-corrected chi connectivity index (χ2v) is 48.0. The summed E-state index contributed by atoms with van der Waals surface area (Å²) in [6.07, 6.45) is 0. The van der Waals surface area contributed by atoms with Crippen LogP contribution in [0.5, 0.6) is 0 Å². The molecular formula is C104H122N8S8. The van der Waals surface area contributed by atoms with Crippen molar-refractivity contribution >= 4 is 136 Å². The molecule has 11 aromatic rings. The summed E-state index contributed by atoms with van der Waals surface area (Å²) in [6, 6.07) is 73.6. The average molecular weight is 1740 g/mol. The second kappa shape index (κ2) is 37.0. The van der Waals surface area contributed by atoms with Gasteiger partial charge in [0.25, 0.3) is 0 Å². The topological polar surface area (TPSA) is 109 Å². The van der Waals surface area contributed by atoms with Crippen LogP contribution in [0, 0.1) is 0 Å². The van der Waals surface area contributed by atoms with Gasteiger partial charge in [0.2, 0.25) is 0 Å². The molecule has 2 N–H and O–H groups in total. The third kappa shape index (κ3) is 23.1. The Morgan fingerprint density at radius 2 is 0.300 bits per heavy atom. The van der Waals surface area contributed by atoms with E-state index in [4.69, 9.17) is 29.9 Å². The summed E-state index contributed by atoms with van der Waals surface area (Å²) in [5.41, 5.74) is 22.8. The molecule has 2 aliphatic rings. The summed E-state index contributed by atoms with van der Waals surface area (Å²) in [7, 11) is 0. The first-order valence-corrected chi connectivity index (χ1v) is 49.9. The molecule has 2 aliphatic heterocycles. The van der Waals surface area contributed by atoms with E-state index in [1.165, 1.54) is 89.0 Å². The van der Waals surface area contributed by atoms with E-state index in [-0.39, 0.29) is 43.3 Å². The van der Waals surface area contributed by atoms with Crippen molar-refractivity contribution in [3.8, 4) is 0 Å². The lowest BCUT2D eigenvalue weighted by Gasteiger charge is -2.19. The van der Waals surface area contributed by atoms with Gasteiger partial charge >= 0.3 is 0 Å². The summed E-state index contributed by atoms with van der Waals surface area (Å²) in [5, 5.41) is 0. The molecule has 3 aromatic heterocycles. The van der Waals surface area contributed by atoms with Crippen LogP contribution >= 0.6 is 94.1 Å². The lowest BCUT2D eigenvalue weighted by molar-refractivity contribution is 0.590. The lowest BCUT2D eigenvalue weighted by atomic mass is 9.87. The maximum Gasteiger partial charge on any atom is 0.171 e. The summed E-state index contributed by atoms with van der Waals surface area (Å²) in [5.74, 6) is 7.77. The largest absolute Gasteiger partial charge is 0.323 e. The summed E-state index contributed by atoms with van der Waals surface area (Å²) in [4.78, 5) is 51.7. The molecule has 0 radical (unpaired) electrons. The standard InChI is InChI=1S/C104H122N8S8/c1-97(2,3)73-41-25-65(26-42-73)57-113-81-82(114-58-66-27-43-74(44-28-66)98(4,5)6)90-105-89(81)109-91-83(115-59-67-29-45-75(46-30-67)99(7,8)9)84(116-60-68-31-47-76(48-32-68)100(10,11)12)93(106-91)111-95-87(119-63-71-37-53-79(54-38-71)103(19,20)21)88(120-64-72-39-55-80(56-40-72)104(22,23)24)96(108-95)112-94-86(118-62-70-35-51-78(52-36-70)102(16,17)18)85(92(107-94)110-90)117-61-69-33-49-77(50-34-69)101(13,14)15/h25-56H,57-64H2,1-24H3,(H2,105,106,107,108,109,110,111,112). The molecule has 0 unspecified atom stereocenters. The molecule has 13 rings (SSSR count). The van der Waals surface area contributed by atoms with Crippen LogP contribution in [0.1, 0.15) is 278 Å². The molecule has 0 saturated carbocycles. The van der Waals surface area contributed by atoms with Crippen LogP contribution in [-0.2, 0) is 89.3 Å². The van der Waals surface area contributed by atoms with E-state index >= 15 is 0 Å². The van der Waals surface area contributed by atoms with Crippen molar-refractivity contribution in [3.63, 3.8) is 0 Å². The predicted octanol–water partition coefficient (Wildman–Crippen LogP) is 30.8. The van der Waals surface area contributed by atoms with Crippen molar-refractivity contribution < 1.29 is 0 Å². The summed E-state index contributed by atoms with van der Waals surface area (Å²) < 4.78 is 0. The van der Waals surface area contributed by atoms with Crippen LogP contribution < -0.4 is 0 Å². The molecule has 8 nitrogen and oxygen atoms in total. The Balaban J connectivity index is 1.13. The highest BCUT2D eigenvalue weighted by molar-refractivity contribution is 8.13. The van der Waals surface area contributed by atoms with Crippen LogP contribution in [0.15, 0.2) is 214 Å². The number of nitrogens with zero attached hydrogens (tertiary/aromatic N) is 6. The Morgan fingerprint density at radius 1 is 0.175 bits per heavy atom. The predicted molar refractivity (Wildman–Crippen MR) is 530 cm³/mol. The minimum absolute atomic E-state index is 0.00440. The third-order valence-corrected chi connectivity index (χ3v) is 31.7. The molecule has 8 aromatic carbocycles. The number of benzene rings is 8. The van der Waals surface area contributed by atoms with E-state index in [0.717, 1.165) is 39.2 Å². The molecule has 0 aliphatic carbocycles. The van der Waals surface area contributed by atoms with Gasteiger partial charge in [-0.1, -0.05) is 360 Å². The number of hydrogen-bond donors (Lipinski definition) is 2. The molecule has 5 heterocycles. The number of hydrogen-bond acceptors (Lipinski definition) is 14. The number of aromatic nitrogens is 8. The number of aromatic amines is 2. The highest BCUT2D eigenvalue weighted by atomic mass is 32.2. The van der Waals surface area contributed by atoms with Gasteiger partial charge in [0.1, 0.15) is 22.6 Å². The van der Waals surface area contributed by atoms with Gasteiger partial charge in [0.05, 0.1) is 39.2 Å². The van der Waals surface area contributed by atoms with Gasteiger partial charge in [0.15, 0.2) is 23.3 Å². The molecule has 0 saturated heterocycles. The summed E-state index contributed by atoms with van der Waals surface area (Å²) >= 11 is 14.4. The van der Waals surface area contributed by atoms with E-state index in [1.807, 2.05) is 0 Å². The van der Waals surface area contributed by atoms with E-state index < -0.39 is 0 Å². The Morgan fingerprint density at radius 3 is 0.425 bits per heavy atom. The Bertz CT molecular complexity index is 4970. The first-order valence-electron chi connectivity index (χ1n) is 42.0. The van der Waals surface area contributed by atoms with Gasteiger partial charge in [-0.3, -0.25) is 0 Å². The average Bonchev–Trinajstić information content (AvgIpc) is 1.61. The number of nitrogens with one attached hydrogen (secondary N) is 2. The van der Waals surface area contributed by atoms with Crippen LogP contribution in [0.4, 0.5) is 0 Å².